The van der Waals surface area contributed by atoms with Gasteiger partial charge in [0, 0.05) is 12.6 Å². The van der Waals surface area contributed by atoms with E-state index in [0.717, 1.165) is 10.5 Å². The quantitative estimate of drug-likeness (QED) is 0.461. The minimum Gasteiger partial charge on any atom is -0.444 e. The molecule has 0 aliphatic heterocycles. The first-order valence-corrected chi connectivity index (χ1v) is 10.3. The molecule has 0 radical (unpaired) electrons. The molecule has 0 aliphatic rings. The Morgan fingerprint density at radius 3 is 2.10 bits per heavy atom. The summed E-state index contributed by atoms with van der Waals surface area (Å²) in [5, 5.41) is 24.5. The third kappa shape index (κ3) is 8.55. The molecule has 1 rings (SSSR count). The van der Waals surface area contributed by atoms with Crippen molar-refractivity contribution in [1.82, 2.24) is 15.5 Å². The number of hydrogen-bond donors (Lipinski definition) is 4. The first-order valence-electron chi connectivity index (χ1n) is 10.3. The van der Waals surface area contributed by atoms with Crippen molar-refractivity contribution in [2.24, 2.45) is 0 Å². The lowest BCUT2D eigenvalue weighted by Crippen LogP contribution is -2.55. The summed E-state index contributed by atoms with van der Waals surface area (Å²) in [7, 11) is 0. The van der Waals surface area contributed by atoms with E-state index in [0.29, 0.717) is 5.56 Å². The fourth-order valence-electron chi connectivity index (χ4n) is 2.89. The van der Waals surface area contributed by atoms with Crippen molar-refractivity contribution in [1.29, 1.82) is 0 Å². The van der Waals surface area contributed by atoms with Gasteiger partial charge in [0.15, 0.2) is 0 Å². The maximum absolute atomic E-state index is 13.2. The van der Waals surface area contributed by atoms with E-state index in [2.05, 4.69) is 10.6 Å². The lowest BCUT2D eigenvalue weighted by molar-refractivity contribution is -0.144. The van der Waals surface area contributed by atoms with Crippen LogP contribution in [-0.2, 0) is 14.3 Å². The van der Waals surface area contributed by atoms with E-state index in [4.69, 9.17) is 4.74 Å². The van der Waals surface area contributed by atoms with Crippen molar-refractivity contribution in [3.8, 4) is 0 Å². The van der Waals surface area contributed by atoms with Crippen LogP contribution in [-0.4, -0.2) is 70.5 Å². The molecular weight excluding hydrogens is 402 g/mol. The largest absolute Gasteiger partial charge is 0.444 e. The number of nitrogens with one attached hydrogen (secondary N) is 2. The van der Waals surface area contributed by atoms with E-state index < -0.39 is 48.8 Å². The highest BCUT2D eigenvalue weighted by molar-refractivity contribution is 5.92. The first kappa shape index (κ1) is 26.4. The monoisotopic (exact) mass is 437 g/mol. The van der Waals surface area contributed by atoms with Gasteiger partial charge >= 0.3 is 6.09 Å². The summed E-state index contributed by atoms with van der Waals surface area (Å²) >= 11 is 0. The van der Waals surface area contributed by atoms with Gasteiger partial charge in [-0.15, -0.1) is 0 Å². The molecule has 2 unspecified atom stereocenters. The fraction of sp³-hybridized carbons (Fsp3) is 0.591. The molecule has 0 heterocycles. The minimum atomic E-state index is -1.35. The zero-order chi connectivity index (χ0) is 23.8. The third-order valence-electron chi connectivity index (χ3n) is 4.18. The number of aryl methyl sites for hydroxylation is 1. The topological polar surface area (TPSA) is 128 Å². The summed E-state index contributed by atoms with van der Waals surface area (Å²) in [6.07, 6.45) is -0.873. The van der Waals surface area contributed by atoms with Gasteiger partial charge in [0.1, 0.15) is 17.7 Å². The fourth-order valence-corrected chi connectivity index (χ4v) is 2.89. The average molecular weight is 438 g/mol. The number of amides is 3. The number of aliphatic hydroxyl groups excluding tert-OH is 2. The van der Waals surface area contributed by atoms with Crippen LogP contribution < -0.4 is 10.6 Å². The van der Waals surface area contributed by atoms with Crippen LogP contribution in [0.1, 0.15) is 51.8 Å². The highest BCUT2D eigenvalue weighted by Crippen LogP contribution is 2.23. The molecule has 31 heavy (non-hydrogen) atoms. The summed E-state index contributed by atoms with van der Waals surface area (Å²) in [5.74, 6) is -1.15. The number of benzene rings is 1. The molecule has 0 spiro atoms. The predicted octanol–water partition coefficient (Wildman–Crippen LogP) is 1.27. The van der Waals surface area contributed by atoms with Crippen LogP contribution >= 0.6 is 0 Å². The van der Waals surface area contributed by atoms with Gasteiger partial charge in [0.05, 0.1) is 13.2 Å². The number of aliphatic hydroxyl groups is 2. The van der Waals surface area contributed by atoms with Gasteiger partial charge in [-0.2, -0.15) is 0 Å². The summed E-state index contributed by atoms with van der Waals surface area (Å²) in [4.78, 5) is 39.5. The molecule has 1 aromatic rings. The number of rotatable bonds is 9. The van der Waals surface area contributed by atoms with Gasteiger partial charge in [-0.05, 0) is 47.1 Å². The predicted molar refractivity (Wildman–Crippen MR) is 116 cm³/mol. The molecule has 0 bridgehead atoms. The zero-order valence-corrected chi connectivity index (χ0v) is 19.1. The Balaban J connectivity index is 3.27. The molecule has 0 fully saturated rings. The van der Waals surface area contributed by atoms with E-state index in [9.17, 15) is 24.6 Å². The third-order valence-corrected chi connectivity index (χ3v) is 4.18. The van der Waals surface area contributed by atoms with E-state index in [1.165, 1.54) is 0 Å². The summed E-state index contributed by atoms with van der Waals surface area (Å²) in [5.41, 5.74) is 0.727. The Labute approximate surface area is 183 Å². The van der Waals surface area contributed by atoms with Gasteiger partial charge < -0.3 is 30.5 Å². The van der Waals surface area contributed by atoms with Crippen molar-refractivity contribution in [2.45, 2.75) is 65.3 Å². The zero-order valence-electron chi connectivity index (χ0n) is 19.1. The van der Waals surface area contributed by atoms with Crippen LogP contribution in [0.3, 0.4) is 0 Å². The normalized spacial score (nSPS) is 13.3. The number of alkyl carbamates (subject to hydrolysis) is 1. The second-order valence-electron chi connectivity index (χ2n) is 8.61. The second-order valence-corrected chi connectivity index (χ2v) is 8.61. The highest BCUT2D eigenvalue weighted by atomic mass is 16.6. The number of nitrogens with zero attached hydrogens (tertiary/aromatic N) is 1. The Morgan fingerprint density at radius 2 is 1.65 bits per heavy atom. The Kier molecular flexibility index (Phi) is 9.93. The Bertz CT molecular complexity index is 743. The van der Waals surface area contributed by atoms with Crippen LogP contribution in [0.25, 0.3) is 0 Å². The molecule has 1 aromatic carbocycles. The van der Waals surface area contributed by atoms with Crippen LogP contribution in [0, 0.1) is 6.92 Å². The van der Waals surface area contributed by atoms with Crippen molar-refractivity contribution < 1.29 is 29.3 Å². The number of carbonyl (C=O) groups excluding carboxylic acids is 3. The van der Waals surface area contributed by atoms with Crippen molar-refractivity contribution in [3.63, 3.8) is 0 Å². The van der Waals surface area contributed by atoms with Crippen molar-refractivity contribution >= 4 is 17.9 Å². The molecule has 4 N–H and O–H groups in total. The van der Waals surface area contributed by atoms with Gasteiger partial charge in [-0.3, -0.25) is 9.59 Å². The maximum Gasteiger partial charge on any atom is 0.408 e. The molecule has 0 aromatic heterocycles. The van der Waals surface area contributed by atoms with Crippen molar-refractivity contribution in [3.05, 3.63) is 35.4 Å². The van der Waals surface area contributed by atoms with Gasteiger partial charge in [0.2, 0.25) is 11.8 Å². The van der Waals surface area contributed by atoms with Gasteiger partial charge in [0.25, 0.3) is 0 Å². The molecular formula is C22H35N3O6. The number of carbonyl (C=O) groups is 3. The van der Waals surface area contributed by atoms with E-state index in [1.54, 1.807) is 46.8 Å². The van der Waals surface area contributed by atoms with Gasteiger partial charge in [-0.25, -0.2) is 4.79 Å². The second kappa shape index (κ2) is 11.7. The van der Waals surface area contributed by atoms with E-state index >= 15 is 0 Å². The molecule has 0 saturated carbocycles. The van der Waals surface area contributed by atoms with Crippen LogP contribution in [0.5, 0.6) is 0 Å². The standard InChI is InChI=1S/C22H35N3O6/c1-14(2)23-19(28)18(16-9-7-15(3)8-10-16)25(11-12-26)20(29)17(13-27)24-21(30)31-22(4,5)6/h7-10,14,17-18,26-27H,11-13H2,1-6H3,(H,23,28)(H,24,30). The summed E-state index contributed by atoms with van der Waals surface area (Å²) in [6.45, 7) is 9.22. The smallest absolute Gasteiger partial charge is 0.408 e. The Hall–Kier alpha value is -2.65. The average Bonchev–Trinajstić information content (AvgIpc) is 2.64. The SMILES string of the molecule is Cc1ccc(C(C(=O)NC(C)C)N(CCO)C(=O)C(CO)NC(=O)OC(C)(C)C)cc1. The van der Waals surface area contributed by atoms with Crippen LogP contribution in [0.2, 0.25) is 0 Å². The summed E-state index contributed by atoms with van der Waals surface area (Å²) < 4.78 is 5.16. The minimum absolute atomic E-state index is 0.171. The van der Waals surface area contributed by atoms with Crippen LogP contribution in [0.15, 0.2) is 24.3 Å². The first-order chi connectivity index (χ1) is 14.4. The summed E-state index contributed by atoms with van der Waals surface area (Å²) in [6, 6.07) is 4.50. The number of hydrogen-bond acceptors (Lipinski definition) is 6. The number of ether oxygens (including phenoxy) is 1. The molecule has 2 atom stereocenters. The molecule has 9 nitrogen and oxygen atoms in total. The highest BCUT2D eigenvalue weighted by Gasteiger charge is 2.36. The molecule has 0 saturated heterocycles. The van der Waals surface area contributed by atoms with Crippen molar-refractivity contribution in [2.75, 3.05) is 19.8 Å². The van der Waals surface area contributed by atoms with Gasteiger partial charge in [-0.1, -0.05) is 29.8 Å². The van der Waals surface area contributed by atoms with E-state index in [-0.39, 0.29) is 12.6 Å². The molecule has 3 amide bonds. The van der Waals surface area contributed by atoms with E-state index in [1.807, 2.05) is 19.1 Å². The molecule has 174 valence electrons. The Morgan fingerprint density at radius 1 is 1.06 bits per heavy atom. The lowest BCUT2D eigenvalue weighted by Gasteiger charge is -2.34. The maximum atomic E-state index is 13.2. The molecule has 0 aliphatic carbocycles. The van der Waals surface area contributed by atoms with Crippen LogP contribution in [0.4, 0.5) is 4.79 Å². The lowest BCUT2D eigenvalue weighted by atomic mass is 10.0. The molecule has 9 heteroatoms.